The molecule has 0 N–H and O–H groups in total. The summed E-state index contributed by atoms with van der Waals surface area (Å²) in [5.41, 5.74) is 0. The van der Waals surface area contributed by atoms with Crippen molar-refractivity contribution in [1.82, 2.24) is 3.11 Å². The van der Waals surface area contributed by atoms with Gasteiger partial charge in [-0.05, 0) is 12.8 Å². The maximum Gasteiger partial charge on any atom is 0.114 e. The van der Waals surface area contributed by atoms with Crippen LogP contribution in [0.15, 0.2) is 0 Å². The zero-order valence-electron chi connectivity index (χ0n) is 4.61. The first-order chi connectivity index (χ1) is 3.79. The van der Waals surface area contributed by atoms with Crippen LogP contribution in [0.5, 0.6) is 0 Å². The molecule has 0 saturated carbocycles. The van der Waals surface area contributed by atoms with E-state index in [0.717, 1.165) is 19.4 Å². The summed E-state index contributed by atoms with van der Waals surface area (Å²) >= 11 is 2.17. The molecule has 1 atom stereocenters. The molecule has 0 bridgehead atoms. The number of alkyl halides is 1. The third-order valence-electron chi connectivity index (χ3n) is 1.31. The van der Waals surface area contributed by atoms with Crippen molar-refractivity contribution < 1.29 is 4.39 Å². The summed E-state index contributed by atoms with van der Waals surface area (Å²) in [6, 6.07) is 0. The van der Waals surface area contributed by atoms with Crippen LogP contribution in [-0.2, 0) is 0 Å². The predicted octanol–water partition coefficient (Wildman–Crippen LogP) is 1.77. The van der Waals surface area contributed by atoms with Crippen LogP contribution < -0.4 is 0 Å². The van der Waals surface area contributed by atoms with E-state index in [2.05, 4.69) is 22.9 Å². The Morgan fingerprint density at radius 1 is 1.62 bits per heavy atom. The average molecular weight is 229 g/mol. The number of rotatable bonds is 0. The number of piperidine rings is 1. The molecule has 3 heteroatoms. The molecule has 1 aliphatic rings. The Hall–Kier alpha value is 0.620. The minimum Gasteiger partial charge on any atom is -0.246 e. The van der Waals surface area contributed by atoms with Crippen molar-refractivity contribution in [3.05, 3.63) is 0 Å². The van der Waals surface area contributed by atoms with Gasteiger partial charge in [0.15, 0.2) is 0 Å². The molecule has 0 amide bonds. The van der Waals surface area contributed by atoms with Gasteiger partial charge in [-0.1, -0.05) is 0 Å². The summed E-state index contributed by atoms with van der Waals surface area (Å²) in [5.74, 6) is 0. The normalized spacial score (nSPS) is 33.0. The van der Waals surface area contributed by atoms with Crippen molar-refractivity contribution in [3.63, 3.8) is 0 Å². The lowest BCUT2D eigenvalue weighted by Crippen LogP contribution is -2.28. The monoisotopic (exact) mass is 229 g/mol. The van der Waals surface area contributed by atoms with Crippen LogP contribution in [0, 0.1) is 0 Å². The molecular weight excluding hydrogens is 220 g/mol. The van der Waals surface area contributed by atoms with Crippen LogP contribution in [-0.4, -0.2) is 22.4 Å². The molecule has 0 spiro atoms. The second-order valence-corrected chi connectivity index (χ2v) is 3.47. The molecule has 1 saturated heterocycles. The molecule has 0 aromatic heterocycles. The summed E-state index contributed by atoms with van der Waals surface area (Å²) in [4.78, 5) is 0. The molecule has 0 radical (unpaired) electrons. The summed E-state index contributed by atoms with van der Waals surface area (Å²) in [6.45, 7) is 1.68. The van der Waals surface area contributed by atoms with Gasteiger partial charge < -0.3 is 0 Å². The first-order valence-corrected chi connectivity index (χ1v) is 3.80. The fraction of sp³-hybridized carbons (Fsp3) is 1.00. The van der Waals surface area contributed by atoms with Gasteiger partial charge in [0.05, 0.1) is 0 Å². The standard InChI is InChI=1S/C5H9FIN/c6-5-2-1-3-8(7)4-5/h5H,1-4H2/t5-/m0/s1. The highest BCUT2D eigenvalue weighted by Gasteiger charge is 2.15. The maximum absolute atomic E-state index is 12.4. The largest absolute Gasteiger partial charge is 0.246 e. The van der Waals surface area contributed by atoms with Gasteiger partial charge in [0.2, 0.25) is 0 Å². The molecule has 0 unspecified atom stereocenters. The van der Waals surface area contributed by atoms with E-state index in [1.807, 2.05) is 3.11 Å². The van der Waals surface area contributed by atoms with Gasteiger partial charge in [0.1, 0.15) is 6.17 Å². The van der Waals surface area contributed by atoms with Crippen LogP contribution in [0.25, 0.3) is 0 Å². The van der Waals surface area contributed by atoms with Crippen molar-refractivity contribution in [2.45, 2.75) is 19.0 Å². The van der Waals surface area contributed by atoms with E-state index in [1.165, 1.54) is 0 Å². The molecule has 8 heavy (non-hydrogen) atoms. The Labute approximate surface area is 62.7 Å². The first-order valence-electron chi connectivity index (χ1n) is 2.84. The molecule has 1 rings (SSSR count). The second-order valence-electron chi connectivity index (χ2n) is 2.11. The van der Waals surface area contributed by atoms with E-state index in [9.17, 15) is 4.39 Å². The van der Waals surface area contributed by atoms with Gasteiger partial charge in [-0.15, -0.1) is 0 Å². The molecule has 1 nitrogen and oxygen atoms in total. The van der Waals surface area contributed by atoms with Gasteiger partial charge in [-0.3, -0.25) is 0 Å². The first kappa shape index (κ1) is 6.74. The average Bonchev–Trinajstić information content (AvgIpc) is 1.64. The van der Waals surface area contributed by atoms with Gasteiger partial charge >= 0.3 is 0 Å². The minimum absolute atomic E-state index is 0.569. The lowest BCUT2D eigenvalue weighted by atomic mass is 10.1. The van der Waals surface area contributed by atoms with Gasteiger partial charge in [-0.25, -0.2) is 7.50 Å². The third kappa shape index (κ3) is 1.85. The van der Waals surface area contributed by atoms with E-state index in [-0.39, 0.29) is 0 Å². The Bertz CT molecular complexity index is 70.8. The van der Waals surface area contributed by atoms with Crippen molar-refractivity contribution >= 4 is 22.9 Å². The number of hydrogen-bond donors (Lipinski definition) is 0. The molecule has 1 heterocycles. The second kappa shape index (κ2) is 2.96. The van der Waals surface area contributed by atoms with Crippen molar-refractivity contribution in [2.24, 2.45) is 0 Å². The SMILES string of the molecule is F[C@H]1CCCN(I)C1. The van der Waals surface area contributed by atoms with Crippen molar-refractivity contribution in [1.29, 1.82) is 0 Å². The lowest BCUT2D eigenvalue weighted by molar-refractivity contribution is 0.224. The Balaban J connectivity index is 2.23. The summed E-state index contributed by atoms with van der Waals surface area (Å²) in [6.07, 6.45) is 1.21. The number of hydrogen-bond acceptors (Lipinski definition) is 1. The molecular formula is C5H9FIN. The lowest BCUT2D eigenvalue weighted by Gasteiger charge is -2.22. The fourth-order valence-electron chi connectivity index (χ4n) is 0.882. The maximum atomic E-state index is 12.4. The van der Waals surface area contributed by atoms with E-state index in [4.69, 9.17) is 0 Å². The van der Waals surface area contributed by atoms with Crippen LogP contribution >= 0.6 is 22.9 Å². The van der Waals surface area contributed by atoms with E-state index in [1.54, 1.807) is 0 Å². The highest BCUT2D eigenvalue weighted by atomic mass is 127. The van der Waals surface area contributed by atoms with Crippen LogP contribution in [0.2, 0.25) is 0 Å². The van der Waals surface area contributed by atoms with Crippen LogP contribution in [0.3, 0.4) is 0 Å². The van der Waals surface area contributed by atoms with E-state index < -0.39 is 6.17 Å². The predicted molar refractivity (Wildman–Crippen MR) is 39.7 cm³/mol. The minimum atomic E-state index is -0.569. The third-order valence-corrected chi connectivity index (χ3v) is 2.19. The summed E-state index contributed by atoms with van der Waals surface area (Å²) in [7, 11) is 0. The number of nitrogens with zero attached hydrogens (tertiary/aromatic N) is 1. The van der Waals surface area contributed by atoms with Crippen molar-refractivity contribution in [3.8, 4) is 0 Å². The molecule has 0 aromatic carbocycles. The summed E-state index contributed by atoms with van der Waals surface area (Å²) < 4.78 is 14.4. The highest BCUT2D eigenvalue weighted by Crippen LogP contribution is 2.15. The molecule has 1 aliphatic heterocycles. The fourth-order valence-corrected chi connectivity index (χ4v) is 1.65. The van der Waals surface area contributed by atoms with Gasteiger partial charge in [-0.2, -0.15) is 0 Å². The zero-order valence-corrected chi connectivity index (χ0v) is 6.77. The Morgan fingerprint density at radius 2 is 2.38 bits per heavy atom. The van der Waals surface area contributed by atoms with Crippen LogP contribution in [0.4, 0.5) is 4.39 Å². The Morgan fingerprint density at radius 3 is 2.75 bits per heavy atom. The number of halogens is 2. The summed E-state index contributed by atoms with van der Waals surface area (Å²) in [5, 5.41) is 0. The van der Waals surface area contributed by atoms with Gasteiger partial charge in [0.25, 0.3) is 0 Å². The van der Waals surface area contributed by atoms with E-state index >= 15 is 0 Å². The van der Waals surface area contributed by atoms with Gasteiger partial charge in [0, 0.05) is 36.0 Å². The molecule has 0 aromatic rings. The Kier molecular flexibility index (Phi) is 2.49. The van der Waals surface area contributed by atoms with Crippen LogP contribution in [0.1, 0.15) is 12.8 Å². The van der Waals surface area contributed by atoms with E-state index in [0.29, 0.717) is 6.54 Å². The topological polar surface area (TPSA) is 3.24 Å². The molecule has 1 fully saturated rings. The quantitative estimate of drug-likeness (QED) is 0.452. The molecule has 48 valence electrons. The smallest absolute Gasteiger partial charge is 0.114 e. The zero-order chi connectivity index (χ0) is 5.98. The highest BCUT2D eigenvalue weighted by molar-refractivity contribution is 14.1. The molecule has 0 aliphatic carbocycles. The van der Waals surface area contributed by atoms with Crippen molar-refractivity contribution in [2.75, 3.05) is 13.1 Å².